The number of halogens is 1. The first kappa shape index (κ1) is 13.5. The second-order valence-corrected chi connectivity index (χ2v) is 4.83. The zero-order valence-corrected chi connectivity index (χ0v) is 11.5. The molecule has 0 aliphatic heterocycles. The molecule has 0 bridgehead atoms. The van der Waals surface area contributed by atoms with E-state index < -0.39 is 6.10 Å². The topological polar surface area (TPSA) is 29.5 Å². The van der Waals surface area contributed by atoms with Crippen LogP contribution in [0.2, 0.25) is 0 Å². The van der Waals surface area contributed by atoms with Crippen LogP contribution in [0.3, 0.4) is 0 Å². The van der Waals surface area contributed by atoms with Gasteiger partial charge in [-0.2, -0.15) is 0 Å². The lowest BCUT2D eigenvalue weighted by atomic mass is 10.1. The van der Waals surface area contributed by atoms with E-state index in [1.807, 2.05) is 18.2 Å². The molecule has 0 heterocycles. The molecule has 1 aromatic carbocycles. The van der Waals surface area contributed by atoms with E-state index in [-0.39, 0.29) is 0 Å². The fraction of sp³-hybridized carbons (Fsp3) is 0.538. The first-order chi connectivity index (χ1) is 7.65. The number of rotatable bonds is 6. The molecular formula is C13H19BrO2. The number of hydrogen-bond acceptors (Lipinski definition) is 2. The largest absolute Gasteiger partial charge is 0.493 e. The Hall–Kier alpha value is -0.540. The maximum Gasteiger partial charge on any atom is 0.126 e. The summed E-state index contributed by atoms with van der Waals surface area (Å²) in [5.74, 6) is 0.778. The minimum absolute atomic E-state index is 0.491. The molecule has 0 radical (unpaired) electrons. The maximum absolute atomic E-state index is 9.60. The van der Waals surface area contributed by atoms with Crippen LogP contribution in [0.25, 0.3) is 0 Å². The maximum atomic E-state index is 9.60. The molecular weight excluding hydrogens is 268 g/mol. The molecule has 1 N–H and O–H groups in total. The Balaban J connectivity index is 2.65. The lowest BCUT2D eigenvalue weighted by molar-refractivity contribution is 0.190. The van der Waals surface area contributed by atoms with E-state index in [4.69, 9.17) is 4.74 Å². The minimum Gasteiger partial charge on any atom is -0.493 e. The van der Waals surface area contributed by atoms with Gasteiger partial charge in [-0.15, -0.1) is 0 Å². The minimum atomic E-state index is -0.491. The molecule has 16 heavy (non-hydrogen) atoms. The molecule has 0 fully saturated rings. The fourth-order valence-corrected chi connectivity index (χ4v) is 1.85. The summed E-state index contributed by atoms with van der Waals surface area (Å²) >= 11 is 3.41. The van der Waals surface area contributed by atoms with Crippen LogP contribution in [0.1, 0.15) is 44.8 Å². The van der Waals surface area contributed by atoms with Crippen LogP contribution in [0.5, 0.6) is 5.75 Å². The quantitative estimate of drug-likeness (QED) is 0.799. The number of ether oxygens (including phenoxy) is 1. The molecule has 2 nitrogen and oxygen atoms in total. The van der Waals surface area contributed by atoms with E-state index >= 15 is 0 Å². The summed E-state index contributed by atoms with van der Waals surface area (Å²) in [6, 6.07) is 5.72. The lowest BCUT2D eigenvalue weighted by Gasteiger charge is -2.13. The normalized spacial score (nSPS) is 12.5. The number of benzene rings is 1. The van der Waals surface area contributed by atoms with Crippen LogP contribution in [-0.2, 0) is 0 Å². The Morgan fingerprint density at radius 3 is 2.75 bits per heavy atom. The summed E-state index contributed by atoms with van der Waals surface area (Å²) in [7, 11) is 0. The third-order valence-electron chi connectivity index (χ3n) is 2.43. The highest BCUT2D eigenvalue weighted by atomic mass is 79.9. The zero-order valence-electron chi connectivity index (χ0n) is 9.87. The number of unbranched alkanes of at least 4 members (excludes halogenated alkanes) is 2. The highest BCUT2D eigenvalue weighted by molar-refractivity contribution is 9.10. The Kier molecular flexibility index (Phi) is 5.85. The fourth-order valence-electron chi connectivity index (χ4n) is 1.51. The van der Waals surface area contributed by atoms with Gasteiger partial charge in [-0.3, -0.25) is 0 Å². The van der Waals surface area contributed by atoms with Crippen LogP contribution in [0, 0.1) is 0 Å². The number of aliphatic hydroxyl groups is 1. The van der Waals surface area contributed by atoms with Gasteiger partial charge in [0.15, 0.2) is 0 Å². The van der Waals surface area contributed by atoms with Gasteiger partial charge < -0.3 is 9.84 Å². The molecule has 0 aromatic heterocycles. The van der Waals surface area contributed by atoms with Crippen molar-refractivity contribution in [2.75, 3.05) is 6.61 Å². The third kappa shape index (κ3) is 4.14. The van der Waals surface area contributed by atoms with Gasteiger partial charge in [0, 0.05) is 10.0 Å². The summed E-state index contributed by atoms with van der Waals surface area (Å²) in [5.41, 5.74) is 0.847. The number of aliphatic hydroxyl groups excluding tert-OH is 1. The van der Waals surface area contributed by atoms with Crippen molar-refractivity contribution in [3.8, 4) is 5.75 Å². The monoisotopic (exact) mass is 286 g/mol. The van der Waals surface area contributed by atoms with E-state index in [1.54, 1.807) is 6.92 Å². The molecule has 0 aliphatic rings. The molecule has 0 spiro atoms. The van der Waals surface area contributed by atoms with Crippen LogP contribution in [-0.4, -0.2) is 11.7 Å². The van der Waals surface area contributed by atoms with Crippen molar-refractivity contribution in [1.82, 2.24) is 0 Å². The predicted molar refractivity (Wildman–Crippen MR) is 69.8 cm³/mol. The smallest absolute Gasteiger partial charge is 0.126 e. The Labute approximate surface area is 106 Å². The molecule has 0 aliphatic carbocycles. The summed E-state index contributed by atoms with van der Waals surface area (Å²) in [6.45, 7) is 4.63. The molecule has 0 amide bonds. The highest BCUT2D eigenvalue weighted by Gasteiger charge is 2.09. The first-order valence-corrected chi connectivity index (χ1v) is 6.54. The van der Waals surface area contributed by atoms with E-state index in [9.17, 15) is 5.11 Å². The molecule has 90 valence electrons. The van der Waals surface area contributed by atoms with Crippen molar-refractivity contribution in [3.05, 3.63) is 28.2 Å². The number of hydrogen-bond donors (Lipinski definition) is 1. The van der Waals surface area contributed by atoms with Gasteiger partial charge in [0.25, 0.3) is 0 Å². The van der Waals surface area contributed by atoms with Gasteiger partial charge in [0.2, 0.25) is 0 Å². The van der Waals surface area contributed by atoms with Crippen molar-refractivity contribution in [3.63, 3.8) is 0 Å². The van der Waals surface area contributed by atoms with Crippen LogP contribution in [0.15, 0.2) is 22.7 Å². The van der Waals surface area contributed by atoms with Gasteiger partial charge in [0.05, 0.1) is 12.7 Å². The molecule has 1 rings (SSSR count). The Morgan fingerprint density at radius 1 is 1.38 bits per heavy atom. The molecule has 1 aromatic rings. The van der Waals surface area contributed by atoms with E-state index in [2.05, 4.69) is 22.9 Å². The van der Waals surface area contributed by atoms with Crippen LogP contribution >= 0.6 is 15.9 Å². The summed E-state index contributed by atoms with van der Waals surface area (Å²) in [6.07, 6.45) is 2.93. The molecule has 0 saturated heterocycles. The average molecular weight is 287 g/mol. The van der Waals surface area contributed by atoms with Gasteiger partial charge in [-0.25, -0.2) is 0 Å². The van der Waals surface area contributed by atoms with Gasteiger partial charge in [-0.1, -0.05) is 41.8 Å². The van der Waals surface area contributed by atoms with Gasteiger partial charge >= 0.3 is 0 Å². The summed E-state index contributed by atoms with van der Waals surface area (Å²) < 4.78 is 6.67. The summed E-state index contributed by atoms with van der Waals surface area (Å²) in [4.78, 5) is 0. The van der Waals surface area contributed by atoms with Crippen LogP contribution in [0.4, 0.5) is 0 Å². The van der Waals surface area contributed by atoms with Crippen molar-refractivity contribution in [1.29, 1.82) is 0 Å². The second-order valence-electron chi connectivity index (χ2n) is 3.91. The second kappa shape index (κ2) is 6.92. The third-order valence-corrected chi connectivity index (χ3v) is 2.92. The zero-order chi connectivity index (χ0) is 12.0. The Bertz CT molecular complexity index is 324. The molecule has 1 atom stereocenters. The molecule has 0 saturated carbocycles. The van der Waals surface area contributed by atoms with E-state index in [0.29, 0.717) is 6.61 Å². The standard InChI is InChI=1S/C13H19BrO2/c1-3-4-5-8-16-13-9-11(14)6-7-12(13)10(2)15/h6-7,9-10,15H,3-5,8H2,1-2H3. The van der Waals surface area contributed by atoms with Crippen molar-refractivity contribution in [2.24, 2.45) is 0 Å². The van der Waals surface area contributed by atoms with Gasteiger partial charge in [0.1, 0.15) is 5.75 Å². The van der Waals surface area contributed by atoms with Crippen molar-refractivity contribution < 1.29 is 9.84 Å². The first-order valence-electron chi connectivity index (χ1n) is 5.75. The predicted octanol–water partition coefficient (Wildman–Crippen LogP) is 4.07. The molecule has 3 heteroatoms. The lowest BCUT2D eigenvalue weighted by Crippen LogP contribution is -2.02. The van der Waals surface area contributed by atoms with E-state index in [0.717, 1.165) is 22.2 Å². The SMILES string of the molecule is CCCCCOc1cc(Br)ccc1C(C)O. The Morgan fingerprint density at radius 2 is 2.12 bits per heavy atom. The summed E-state index contributed by atoms with van der Waals surface area (Å²) in [5, 5.41) is 9.60. The van der Waals surface area contributed by atoms with Gasteiger partial charge in [-0.05, 0) is 25.5 Å². The van der Waals surface area contributed by atoms with E-state index in [1.165, 1.54) is 12.8 Å². The van der Waals surface area contributed by atoms with Crippen molar-refractivity contribution >= 4 is 15.9 Å². The molecule has 1 unspecified atom stereocenters. The highest BCUT2D eigenvalue weighted by Crippen LogP contribution is 2.28. The van der Waals surface area contributed by atoms with Crippen molar-refractivity contribution in [2.45, 2.75) is 39.2 Å². The van der Waals surface area contributed by atoms with Crippen LogP contribution < -0.4 is 4.74 Å². The average Bonchev–Trinajstić information content (AvgIpc) is 2.24.